The Hall–Kier alpha value is -1.86. The molecule has 100 valence electrons. The van der Waals surface area contributed by atoms with Gasteiger partial charge in [-0.3, -0.25) is 4.90 Å². The number of carbonyl (C=O) groups excluding carboxylic acids is 1. The van der Waals surface area contributed by atoms with Crippen LogP contribution >= 0.6 is 0 Å². The molecule has 0 aliphatic carbocycles. The van der Waals surface area contributed by atoms with Gasteiger partial charge in [-0.15, -0.1) is 0 Å². The molecule has 4 heteroatoms. The van der Waals surface area contributed by atoms with Crippen LogP contribution in [-0.4, -0.2) is 30.9 Å². The Morgan fingerprint density at radius 2 is 2.37 bits per heavy atom. The number of nitrogens with zero attached hydrogens (tertiary/aromatic N) is 2. The van der Waals surface area contributed by atoms with Crippen LogP contribution in [0.5, 0.6) is 5.75 Å². The smallest absolute Gasteiger partial charge is 0.137 e. The molecular weight excluding hydrogens is 240 g/mol. The van der Waals surface area contributed by atoms with Gasteiger partial charge in [0, 0.05) is 12.1 Å². The highest BCUT2D eigenvalue weighted by Crippen LogP contribution is 2.25. The summed E-state index contributed by atoms with van der Waals surface area (Å²) in [5.41, 5.74) is 1.59. The van der Waals surface area contributed by atoms with Crippen LogP contribution in [0, 0.1) is 11.3 Å². The number of ether oxygens (including phenoxy) is 1. The van der Waals surface area contributed by atoms with E-state index in [-0.39, 0.29) is 6.04 Å². The molecule has 0 N–H and O–H groups in total. The predicted octanol–water partition coefficient (Wildman–Crippen LogP) is 2.12. The van der Waals surface area contributed by atoms with Crippen molar-refractivity contribution in [3.8, 4) is 11.8 Å². The highest BCUT2D eigenvalue weighted by molar-refractivity contribution is 5.57. The number of likely N-dealkylation sites (tertiary alicyclic amines) is 1. The second-order valence-corrected chi connectivity index (χ2v) is 4.81. The number of methoxy groups -OCH3 is 1. The predicted molar refractivity (Wildman–Crippen MR) is 71.8 cm³/mol. The third-order valence-corrected chi connectivity index (χ3v) is 3.60. The summed E-state index contributed by atoms with van der Waals surface area (Å²) in [6.45, 7) is 1.57. The van der Waals surface area contributed by atoms with Crippen molar-refractivity contribution in [3.05, 3.63) is 29.3 Å². The van der Waals surface area contributed by atoms with Crippen LogP contribution in [0.1, 0.15) is 30.4 Å². The Bertz CT molecular complexity index is 493. The Morgan fingerprint density at radius 1 is 1.53 bits per heavy atom. The summed E-state index contributed by atoms with van der Waals surface area (Å²) >= 11 is 0. The van der Waals surface area contributed by atoms with Crippen LogP contribution in [0.4, 0.5) is 0 Å². The highest BCUT2D eigenvalue weighted by atomic mass is 16.5. The van der Waals surface area contributed by atoms with Crippen LogP contribution in [0.3, 0.4) is 0 Å². The normalized spacial score (nSPS) is 19.7. The van der Waals surface area contributed by atoms with Gasteiger partial charge in [-0.1, -0.05) is 6.42 Å². The van der Waals surface area contributed by atoms with Gasteiger partial charge in [-0.05, 0) is 37.6 Å². The lowest BCUT2D eigenvalue weighted by atomic mass is 10.0. The first kappa shape index (κ1) is 13.6. The molecule has 19 heavy (non-hydrogen) atoms. The van der Waals surface area contributed by atoms with Gasteiger partial charge in [0.15, 0.2) is 0 Å². The van der Waals surface area contributed by atoms with E-state index in [0.29, 0.717) is 12.1 Å². The second kappa shape index (κ2) is 6.35. The van der Waals surface area contributed by atoms with Crippen molar-refractivity contribution in [2.45, 2.75) is 31.8 Å². The van der Waals surface area contributed by atoms with E-state index in [1.54, 1.807) is 13.2 Å². The summed E-state index contributed by atoms with van der Waals surface area (Å²) in [4.78, 5) is 13.3. The average molecular weight is 258 g/mol. The molecule has 1 saturated heterocycles. The molecule has 0 saturated carbocycles. The first-order valence-electron chi connectivity index (χ1n) is 6.55. The van der Waals surface area contributed by atoms with Crippen molar-refractivity contribution in [1.82, 2.24) is 4.90 Å². The number of hydrogen-bond acceptors (Lipinski definition) is 4. The summed E-state index contributed by atoms with van der Waals surface area (Å²) in [5, 5.41) is 8.97. The SMILES string of the molecule is COc1ccc(C#N)cc1CN1CCCCC1C=O. The van der Waals surface area contributed by atoms with Crippen LogP contribution < -0.4 is 4.74 Å². The molecule has 0 aromatic heterocycles. The van der Waals surface area contributed by atoms with Crippen LogP contribution in [0.2, 0.25) is 0 Å². The maximum absolute atomic E-state index is 11.1. The summed E-state index contributed by atoms with van der Waals surface area (Å²) in [5.74, 6) is 0.772. The number of rotatable bonds is 4. The molecule has 0 radical (unpaired) electrons. The Labute approximate surface area is 113 Å². The molecule has 1 aromatic carbocycles. The number of aldehydes is 1. The fraction of sp³-hybridized carbons (Fsp3) is 0.467. The number of nitriles is 1. The lowest BCUT2D eigenvalue weighted by Crippen LogP contribution is -2.39. The summed E-state index contributed by atoms with van der Waals surface area (Å²) in [6, 6.07) is 7.53. The fourth-order valence-electron chi connectivity index (χ4n) is 2.56. The number of benzene rings is 1. The Kier molecular flexibility index (Phi) is 4.53. The summed E-state index contributed by atoms with van der Waals surface area (Å²) in [7, 11) is 1.62. The van der Waals surface area contributed by atoms with Crippen molar-refractivity contribution in [3.63, 3.8) is 0 Å². The van der Waals surface area contributed by atoms with Gasteiger partial charge in [-0.25, -0.2) is 0 Å². The minimum atomic E-state index is -0.0100. The largest absolute Gasteiger partial charge is 0.496 e. The first-order valence-corrected chi connectivity index (χ1v) is 6.55. The molecule has 1 aromatic rings. The monoisotopic (exact) mass is 258 g/mol. The lowest BCUT2D eigenvalue weighted by molar-refractivity contribution is -0.113. The quantitative estimate of drug-likeness (QED) is 0.776. The molecule has 4 nitrogen and oxygen atoms in total. The van der Waals surface area contributed by atoms with Gasteiger partial charge < -0.3 is 9.53 Å². The highest BCUT2D eigenvalue weighted by Gasteiger charge is 2.22. The third-order valence-electron chi connectivity index (χ3n) is 3.60. The molecule has 1 aliphatic heterocycles. The summed E-state index contributed by atoms with van der Waals surface area (Å²) in [6.07, 6.45) is 4.17. The van der Waals surface area contributed by atoms with Gasteiger partial charge in [0.25, 0.3) is 0 Å². The van der Waals surface area contributed by atoms with Crippen molar-refractivity contribution >= 4 is 6.29 Å². The van der Waals surface area contributed by atoms with Gasteiger partial charge in [-0.2, -0.15) is 5.26 Å². The average Bonchev–Trinajstić information content (AvgIpc) is 2.47. The molecule has 1 heterocycles. The van der Waals surface area contributed by atoms with E-state index in [0.717, 1.165) is 43.4 Å². The van der Waals surface area contributed by atoms with Crippen molar-refractivity contribution in [1.29, 1.82) is 5.26 Å². The molecule has 1 aliphatic rings. The zero-order valence-corrected chi connectivity index (χ0v) is 11.1. The van der Waals surface area contributed by atoms with Gasteiger partial charge in [0.2, 0.25) is 0 Å². The topological polar surface area (TPSA) is 53.3 Å². The Balaban J connectivity index is 2.21. The number of carbonyl (C=O) groups is 1. The van der Waals surface area contributed by atoms with Crippen LogP contribution in [0.25, 0.3) is 0 Å². The van der Waals surface area contributed by atoms with Crippen LogP contribution in [0.15, 0.2) is 18.2 Å². The standard InChI is InChI=1S/C15H18N2O2/c1-19-15-6-5-12(9-16)8-13(15)10-17-7-3-2-4-14(17)11-18/h5-6,8,11,14H,2-4,7,10H2,1H3. The maximum atomic E-state index is 11.1. The second-order valence-electron chi connectivity index (χ2n) is 4.81. The Morgan fingerprint density at radius 3 is 3.05 bits per heavy atom. The number of hydrogen-bond donors (Lipinski definition) is 0. The third kappa shape index (κ3) is 3.12. The van der Waals surface area contributed by atoms with Crippen LogP contribution in [-0.2, 0) is 11.3 Å². The number of piperidine rings is 1. The maximum Gasteiger partial charge on any atom is 0.137 e. The van der Waals surface area contributed by atoms with Crippen molar-refractivity contribution < 1.29 is 9.53 Å². The van der Waals surface area contributed by atoms with E-state index in [9.17, 15) is 4.79 Å². The minimum absolute atomic E-state index is 0.0100. The fourth-order valence-corrected chi connectivity index (χ4v) is 2.56. The van der Waals surface area contributed by atoms with Crippen molar-refractivity contribution in [2.24, 2.45) is 0 Å². The zero-order chi connectivity index (χ0) is 13.7. The van der Waals surface area contributed by atoms with E-state index in [2.05, 4.69) is 11.0 Å². The molecule has 1 atom stereocenters. The van der Waals surface area contributed by atoms with Gasteiger partial charge in [0.1, 0.15) is 12.0 Å². The molecule has 0 spiro atoms. The molecule has 0 amide bonds. The van der Waals surface area contributed by atoms with Crippen molar-refractivity contribution in [2.75, 3.05) is 13.7 Å². The molecule has 0 bridgehead atoms. The minimum Gasteiger partial charge on any atom is -0.496 e. The van der Waals surface area contributed by atoms with E-state index in [1.807, 2.05) is 12.1 Å². The van der Waals surface area contributed by atoms with E-state index in [1.165, 1.54) is 0 Å². The van der Waals surface area contributed by atoms with Gasteiger partial charge >= 0.3 is 0 Å². The van der Waals surface area contributed by atoms with E-state index >= 15 is 0 Å². The summed E-state index contributed by atoms with van der Waals surface area (Å²) < 4.78 is 5.33. The molecular formula is C15H18N2O2. The van der Waals surface area contributed by atoms with E-state index < -0.39 is 0 Å². The lowest BCUT2D eigenvalue weighted by Gasteiger charge is -2.32. The molecule has 1 fully saturated rings. The first-order chi connectivity index (χ1) is 9.28. The van der Waals surface area contributed by atoms with Gasteiger partial charge in [0.05, 0.1) is 24.8 Å². The molecule has 2 rings (SSSR count). The van der Waals surface area contributed by atoms with E-state index in [4.69, 9.17) is 10.00 Å². The molecule has 1 unspecified atom stereocenters. The zero-order valence-electron chi connectivity index (χ0n) is 11.1.